The van der Waals surface area contributed by atoms with Gasteiger partial charge in [-0.05, 0) is 41.9 Å². The van der Waals surface area contributed by atoms with Crippen molar-refractivity contribution in [3.8, 4) is 0 Å². The van der Waals surface area contributed by atoms with Crippen molar-refractivity contribution >= 4 is 46.2 Å². The molecule has 1 N–H and O–H groups in total. The highest BCUT2D eigenvalue weighted by Gasteiger charge is 2.05. The number of aromatic nitrogens is 2. The van der Waals surface area contributed by atoms with Gasteiger partial charge in [-0.2, -0.15) is 0 Å². The van der Waals surface area contributed by atoms with Crippen molar-refractivity contribution in [2.24, 2.45) is 0 Å². The lowest BCUT2D eigenvalue weighted by Crippen LogP contribution is -1.97. The van der Waals surface area contributed by atoms with Crippen molar-refractivity contribution < 1.29 is 0 Å². The van der Waals surface area contributed by atoms with Crippen LogP contribution in [0, 0.1) is 4.77 Å². The van der Waals surface area contributed by atoms with Crippen LogP contribution in [-0.4, -0.2) is 9.55 Å². The molecular weight excluding hydrogens is 272 g/mol. The SMILES string of the molecule is S=c1[nH]c2cc(Cl)ccc2n1Cc1cccs1. The summed E-state index contributed by atoms with van der Waals surface area (Å²) >= 11 is 13.0. The fourth-order valence-electron chi connectivity index (χ4n) is 1.85. The summed E-state index contributed by atoms with van der Waals surface area (Å²) in [4.78, 5) is 4.47. The van der Waals surface area contributed by atoms with E-state index in [0.717, 1.165) is 27.4 Å². The van der Waals surface area contributed by atoms with E-state index >= 15 is 0 Å². The van der Waals surface area contributed by atoms with Crippen molar-refractivity contribution in [2.45, 2.75) is 6.54 Å². The summed E-state index contributed by atoms with van der Waals surface area (Å²) in [5, 5.41) is 2.79. The lowest BCUT2D eigenvalue weighted by molar-refractivity contribution is 0.823. The van der Waals surface area contributed by atoms with Gasteiger partial charge in [0.1, 0.15) is 0 Å². The molecule has 2 nitrogen and oxygen atoms in total. The highest BCUT2D eigenvalue weighted by atomic mass is 35.5. The van der Waals surface area contributed by atoms with Crippen molar-refractivity contribution in [3.05, 3.63) is 50.4 Å². The molecule has 5 heteroatoms. The Morgan fingerprint density at radius 2 is 2.24 bits per heavy atom. The van der Waals surface area contributed by atoms with Gasteiger partial charge in [0.25, 0.3) is 0 Å². The van der Waals surface area contributed by atoms with Gasteiger partial charge in [0.05, 0.1) is 17.6 Å². The zero-order chi connectivity index (χ0) is 11.8. The number of halogens is 1. The highest BCUT2D eigenvalue weighted by Crippen LogP contribution is 2.21. The van der Waals surface area contributed by atoms with E-state index < -0.39 is 0 Å². The Kier molecular flexibility index (Phi) is 2.78. The van der Waals surface area contributed by atoms with Gasteiger partial charge in [0, 0.05) is 9.90 Å². The normalized spacial score (nSPS) is 11.1. The maximum absolute atomic E-state index is 5.96. The maximum atomic E-state index is 5.96. The quantitative estimate of drug-likeness (QED) is 0.687. The van der Waals surface area contributed by atoms with Gasteiger partial charge in [-0.15, -0.1) is 11.3 Å². The Bertz CT molecular complexity index is 710. The molecule has 17 heavy (non-hydrogen) atoms. The van der Waals surface area contributed by atoms with Gasteiger partial charge in [0.2, 0.25) is 0 Å². The monoisotopic (exact) mass is 280 g/mol. The van der Waals surface area contributed by atoms with Crippen LogP contribution in [-0.2, 0) is 6.54 Å². The van der Waals surface area contributed by atoms with E-state index in [1.54, 1.807) is 11.3 Å². The molecule has 0 aliphatic rings. The van der Waals surface area contributed by atoms with Crippen molar-refractivity contribution in [3.63, 3.8) is 0 Å². The summed E-state index contributed by atoms with van der Waals surface area (Å²) < 4.78 is 2.82. The Hall–Kier alpha value is -1.10. The van der Waals surface area contributed by atoms with E-state index in [0.29, 0.717) is 0 Å². The molecule has 0 aliphatic heterocycles. The van der Waals surface area contributed by atoms with Gasteiger partial charge in [-0.1, -0.05) is 17.7 Å². The van der Waals surface area contributed by atoms with Crippen LogP contribution in [0.2, 0.25) is 5.02 Å². The van der Waals surface area contributed by atoms with Gasteiger partial charge < -0.3 is 9.55 Å². The van der Waals surface area contributed by atoms with E-state index in [1.165, 1.54) is 4.88 Å². The van der Waals surface area contributed by atoms with Gasteiger partial charge in [-0.3, -0.25) is 0 Å². The molecule has 86 valence electrons. The number of rotatable bonds is 2. The largest absolute Gasteiger partial charge is 0.331 e. The summed E-state index contributed by atoms with van der Waals surface area (Å²) in [6, 6.07) is 9.95. The lowest BCUT2D eigenvalue weighted by Gasteiger charge is -2.02. The van der Waals surface area contributed by atoms with Crippen molar-refractivity contribution in [2.75, 3.05) is 0 Å². The Morgan fingerprint density at radius 3 is 3.00 bits per heavy atom. The summed E-state index contributed by atoms with van der Waals surface area (Å²) in [6.45, 7) is 0.804. The molecule has 3 aromatic rings. The summed E-state index contributed by atoms with van der Waals surface area (Å²) in [7, 11) is 0. The third kappa shape index (κ3) is 2.04. The lowest BCUT2D eigenvalue weighted by atomic mass is 10.3. The van der Waals surface area contributed by atoms with E-state index in [1.807, 2.05) is 18.2 Å². The molecule has 0 saturated carbocycles. The standard InChI is InChI=1S/C12H9ClN2S2/c13-8-3-4-11-10(6-8)14-12(16)15(11)7-9-2-1-5-17-9/h1-6H,7H2,(H,14,16). The zero-order valence-electron chi connectivity index (χ0n) is 8.81. The van der Waals surface area contributed by atoms with Crippen LogP contribution in [0.25, 0.3) is 11.0 Å². The van der Waals surface area contributed by atoms with E-state index in [-0.39, 0.29) is 0 Å². The van der Waals surface area contributed by atoms with Crippen LogP contribution in [0.4, 0.5) is 0 Å². The molecular formula is C12H9ClN2S2. The number of aromatic amines is 1. The smallest absolute Gasteiger partial charge is 0.178 e. The molecule has 0 saturated heterocycles. The first-order valence-corrected chi connectivity index (χ1v) is 6.81. The molecule has 0 unspecified atom stereocenters. The molecule has 0 radical (unpaired) electrons. The summed E-state index contributed by atoms with van der Waals surface area (Å²) in [6.07, 6.45) is 0. The second kappa shape index (κ2) is 4.29. The van der Waals surface area contributed by atoms with Gasteiger partial charge in [-0.25, -0.2) is 0 Å². The molecule has 0 spiro atoms. The van der Waals surface area contributed by atoms with Crippen LogP contribution < -0.4 is 0 Å². The van der Waals surface area contributed by atoms with Crippen LogP contribution in [0.15, 0.2) is 35.7 Å². The van der Waals surface area contributed by atoms with Crippen LogP contribution in [0.1, 0.15) is 4.88 Å². The van der Waals surface area contributed by atoms with Gasteiger partial charge >= 0.3 is 0 Å². The zero-order valence-corrected chi connectivity index (χ0v) is 11.2. The molecule has 0 fully saturated rings. The second-order valence-electron chi connectivity index (χ2n) is 3.76. The fourth-order valence-corrected chi connectivity index (χ4v) is 2.99. The third-order valence-electron chi connectivity index (χ3n) is 2.63. The number of thiophene rings is 1. The number of fused-ring (bicyclic) bond motifs is 1. The number of hydrogen-bond donors (Lipinski definition) is 1. The predicted molar refractivity (Wildman–Crippen MR) is 75.6 cm³/mol. The first kappa shape index (κ1) is 11.0. The van der Waals surface area contributed by atoms with Crippen molar-refractivity contribution in [1.29, 1.82) is 0 Å². The Morgan fingerprint density at radius 1 is 1.35 bits per heavy atom. The summed E-state index contributed by atoms with van der Waals surface area (Å²) in [5.74, 6) is 0. The second-order valence-corrected chi connectivity index (χ2v) is 5.61. The number of benzene rings is 1. The van der Waals surface area contributed by atoms with E-state index in [9.17, 15) is 0 Å². The predicted octanol–water partition coefficient (Wildman–Crippen LogP) is 4.46. The minimum Gasteiger partial charge on any atom is -0.331 e. The number of hydrogen-bond acceptors (Lipinski definition) is 2. The molecule has 2 aromatic heterocycles. The minimum atomic E-state index is 0.719. The Labute approximate surface area is 112 Å². The molecule has 1 aromatic carbocycles. The summed E-state index contributed by atoms with van der Waals surface area (Å²) in [5.41, 5.74) is 2.08. The average Bonchev–Trinajstić information content (AvgIpc) is 2.88. The number of nitrogens with one attached hydrogen (secondary N) is 1. The number of imidazole rings is 1. The third-order valence-corrected chi connectivity index (χ3v) is 4.05. The molecule has 0 atom stereocenters. The first-order valence-electron chi connectivity index (χ1n) is 5.14. The van der Waals surface area contributed by atoms with Crippen LogP contribution >= 0.6 is 35.2 Å². The van der Waals surface area contributed by atoms with Crippen molar-refractivity contribution in [1.82, 2.24) is 9.55 Å². The van der Waals surface area contributed by atoms with E-state index in [2.05, 4.69) is 27.1 Å². The molecule has 0 aliphatic carbocycles. The number of nitrogens with zero attached hydrogens (tertiary/aromatic N) is 1. The molecule has 0 amide bonds. The molecule has 2 heterocycles. The van der Waals surface area contributed by atoms with Gasteiger partial charge in [0.15, 0.2) is 4.77 Å². The highest BCUT2D eigenvalue weighted by molar-refractivity contribution is 7.71. The van der Waals surface area contributed by atoms with Crippen LogP contribution in [0.5, 0.6) is 0 Å². The number of H-pyrrole nitrogens is 1. The average molecular weight is 281 g/mol. The van der Waals surface area contributed by atoms with Crippen LogP contribution in [0.3, 0.4) is 0 Å². The molecule has 0 bridgehead atoms. The fraction of sp³-hybridized carbons (Fsp3) is 0.0833. The Balaban J connectivity index is 2.16. The molecule has 3 rings (SSSR count). The van der Waals surface area contributed by atoms with E-state index in [4.69, 9.17) is 23.8 Å². The topological polar surface area (TPSA) is 20.7 Å². The minimum absolute atomic E-state index is 0.719. The first-order chi connectivity index (χ1) is 8.24. The maximum Gasteiger partial charge on any atom is 0.178 e.